The highest BCUT2D eigenvalue weighted by Gasteiger charge is 2.35. The summed E-state index contributed by atoms with van der Waals surface area (Å²) in [5, 5.41) is 3.23. The first-order valence-corrected chi connectivity index (χ1v) is 5.84. The standard InChI is InChI=1S/C9H18N2O.C2H6/c1-11-6-3-9(4-7-11)2-5-10-8-12-9;1-2/h10H,2-8H2,1H3;1-2H3. The molecule has 14 heavy (non-hydrogen) atoms. The Morgan fingerprint density at radius 3 is 2.29 bits per heavy atom. The average molecular weight is 200 g/mol. The maximum atomic E-state index is 5.82. The van der Waals surface area contributed by atoms with Crippen molar-refractivity contribution in [1.82, 2.24) is 10.2 Å². The molecule has 1 N–H and O–H groups in total. The normalized spacial score (nSPS) is 26.8. The maximum absolute atomic E-state index is 5.82. The summed E-state index contributed by atoms with van der Waals surface area (Å²) in [5.41, 5.74) is 0.234. The molecule has 2 heterocycles. The number of nitrogens with one attached hydrogen (secondary N) is 1. The molecule has 84 valence electrons. The molecule has 2 aliphatic rings. The zero-order valence-electron chi connectivity index (χ0n) is 9.81. The van der Waals surface area contributed by atoms with Gasteiger partial charge in [0.15, 0.2) is 0 Å². The number of ether oxygens (including phenoxy) is 1. The van der Waals surface area contributed by atoms with E-state index in [9.17, 15) is 0 Å². The van der Waals surface area contributed by atoms with Crippen molar-refractivity contribution in [2.45, 2.75) is 38.7 Å². The van der Waals surface area contributed by atoms with Gasteiger partial charge in [-0.2, -0.15) is 0 Å². The first-order chi connectivity index (χ1) is 6.81. The van der Waals surface area contributed by atoms with Crippen LogP contribution in [-0.2, 0) is 4.74 Å². The Labute approximate surface area is 87.8 Å². The SMILES string of the molecule is CC.CN1CCC2(CCNCO2)CC1. The third kappa shape index (κ3) is 2.94. The van der Waals surface area contributed by atoms with Crippen LogP contribution in [0.3, 0.4) is 0 Å². The summed E-state index contributed by atoms with van der Waals surface area (Å²) in [6, 6.07) is 0. The number of hydrogen-bond donors (Lipinski definition) is 1. The Hall–Kier alpha value is -0.120. The van der Waals surface area contributed by atoms with Gasteiger partial charge in [0.05, 0.1) is 12.3 Å². The molecular formula is C11H24N2O. The number of hydrogen-bond acceptors (Lipinski definition) is 3. The molecule has 0 aromatic rings. The minimum absolute atomic E-state index is 0.234. The van der Waals surface area contributed by atoms with Crippen LogP contribution in [0.15, 0.2) is 0 Å². The molecule has 0 amide bonds. The van der Waals surface area contributed by atoms with Crippen LogP contribution in [0.5, 0.6) is 0 Å². The number of likely N-dealkylation sites (tertiary alicyclic amines) is 1. The van der Waals surface area contributed by atoms with Gasteiger partial charge < -0.3 is 9.64 Å². The fourth-order valence-electron chi connectivity index (χ4n) is 2.09. The maximum Gasteiger partial charge on any atom is 0.0972 e. The van der Waals surface area contributed by atoms with E-state index < -0.39 is 0 Å². The van der Waals surface area contributed by atoms with Gasteiger partial charge in [-0.05, 0) is 32.9 Å². The van der Waals surface area contributed by atoms with Crippen molar-refractivity contribution < 1.29 is 4.74 Å². The average Bonchev–Trinajstić information content (AvgIpc) is 2.27. The molecule has 0 unspecified atom stereocenters. The van der Waals surface area contributed by atoms with Crippen molar-refractivity contribution in [3.05, 3.63) is 0 Å². The second kappa shape index (κ2) is 5.69. The Morgan fingerprint density at radius 2 is 1.79 bits per heavy atom. The zero-order chi connectivity index (χ0) is 10.4. The van der Waals surface area contributed by atoms with Crippen molar-refractivity contribution in [3.63, 3.8) is 0 Å². The lowest BCUT2D eigenvalue weighted by atomic mass is 9.87. The van der Waals surface area contributed by atoms with Gasteiger partial charge in [0.1, 0.15) is 0 Å². The van der Waals surface area contributed by atoms with E-state index in [1.165, 1.54) is 32.4 Å². The summed E-state index contributed by atoms with van der Waals surface area (Å²) in [5.74, 6) is 0. The van der Waals surface area contributed by atoms with E-state index in [0.717, 1.165) is 13.3 Å². The number of nitrogens with zero attached hydrogens (tertiary/aromatic N) is 1. The van der Waals surface area contributed by atoms with E-state index in [0.29, 0.717) is 0 Å². The first kappa shape index (κ1) is 12.0. The molecule has 1 spiro atoms. The lowest BCUT2D eigenvalue weighted by Crippen LogP contribution is -2.50. The molecule has 3 nitrogen and oxygen atoms in total. The van der Waals surface area contributed by atoms with Crippen molar-refractivity contribution in [1.29, 1.82) is 0 Å². The van der Waals surface area contributed by atoms with Crippen LogP contribution in [0.25, 0.3) is 0 Å². The van der Waals surface area contributed by atoms with E-state index >= 15 is 0 Å². The fourth-order valence-corrected chi connectivity index (χ4v) is 2.09. The highest BCUT2D eigenvalue weighted by atomic mass is 16.5. The largest absolute Gasteiger partial charge is 0.360 e. The predicted octanol–water partition coefficient (Wildman–Crippen LogP) is 1.44. The van der Waals surface area contributed by atoms with E-state index in [1.54, 1.807) is 0 Å². The molecule has 2 rings (SSSR count). The molecule has 0 bridgehead atoms. The molecular weight excluding hydrogens is 176 g/mol. The predicted molar refractivity (Wildman–Crippen MR) is 59.4 cm³/mol. The second-order valence-electron chi connectivity index (χ2n) is 4.02. The molecule has 0 radical (unpaired) electrons. The smallest absolute Gasteiger partial charge is 0.0972 e. The van der Waals surface area contributed by atoms with Crippen LogP contribution in [0.2, 0.25) is 0 Å². The highest BCUT2D eigenvalue weighted by molar-refractivity contribution is 4.88. The van der Waals surface area contributed by atoms with Gasteiger partial charge in [-0.15, -0.1) is 0 Å². The monoisotopic (exact) mass is 200 g/mol. The molecule has 2 saturated heterocycles. The fraction of sp³-hybridized carbons (Fsp3) is 1.00. The van der Waals surface area contributed by atoms with Gasteiger partial charge in [0.2, 0.25) is 0 Å². The lowest BCUT2D eigenvalue weighted by Gasteiger charge is -2.43. The lowest BCUT2D eigenvalue weighted by molar-refractivity contribution is -0.113. The molecule has 0 aromatic heterocycles. The summed E-state index contributed by atoms with van der Waals surface area (Å²) in [6.45, 7) is 8.27. The van der Waals surface area contributed by atoms with Gasteiger partial charge in [-0.3, -0.25) is 5.32 Å². The Morgan fingerprint density at radius 1 is 1.14 bits per heavy atom. The minimum Gasteiger partial charge on any atom is -0.360 e. The number of piperidine rings is 1. The van der Waals surface area contributed by atoms with E-state index in [2.05, 4.69) is 17.3 Å². The Bertz CT molecular complexity index is 145. The van der Waals surface area contributed by atoms with Gasteiger partial charge >= 0.3 is 0 Å². The van der Waals surface area contributed by atoms with Crippen molar-refractivity contribution >= 4 is 0 Å². The van der Waals surface area contributed by atoms with Crippen molar-refractivity contribution in [2.75, 3.05) is 33.4 Å². The second-order valence-corrected chi connectivity index (χ2v) is 4.02. The van der Waals surface area contributed by atoms with Crippen LogP contribution in [-0.4, -0.2) is 43.9 Å². The zero-order valence-corrected chi connectivity index (χ0v) is 9.81. The topological polar surface area (TPSA) is 24.5 Å². The van der Waals surface area contributed by atoms with Crippen molar-refractivity contribution in [2.24, 2.45) is 0 Å². The highest BCUT2D eigenvalue weighted by Crippen LogP contribution is 2.30. The summed E-state index contributed by atoms with van der Waals surface area (Å²) < 4.78 is 5.82. The van der Waals surface area contributed by atoms with Crippen LogP contribution in [0, 0.1) is 0 Å². The molecule has 0 aliphatic carbocycles. The quantitative estimate of drug-likeness (QED) is 0.640. The van der Waals surface area contributed by atoms with E-state index in [1.807, 2.05) is 13.8 Å². The summed E-state index contributed by atoms with van der Waals surface area (Å²) in [6.07, 6.45) is 3.62. The van der Waals surface area contributed by atoms with Gasteiger partial charge in [-0.25, -0.2) is 0 Å². The molecule has 0 atom stereocenters. The Balaban J connectivity index is 0.000000461. The van der Waals surface area contributed by atoms with E-state index in [4.69, 9.17) is 4.74 Å². The van der Waals surface area contributed by atoms with Crippen LogP contribution in [0.1, 0.15) is 33.1 Å². The van der Waals surface area contributed by atoms with E-state index in [-0.39, 0.29) is 5.60 Å². The number of rotatable bonds is 0. The first-order valence-electron chi connectivity index (χ1n) is 5.84. The van der Waals surface area contributed by atoms with Gasteiger partial charge in [0, 0.05) is 13.1 Å². The minimum atomic E-state index is 0.234. The third-order valence-electron chi connectivity index (χ3n) is 3.14. The van der Waals surface area contributed by atoms with Crippen molar-refractivity contribution in [3.8, 4) is 0 Å². The molecule has 3 heteroatoms. The van der Waals surface area contributed by atoms with Gasteiger partial charge in [-0.1, -0.05) is 13.8 Å². The molecule has 2 aliphatic heterocycles. The van der Waals surface area contributed by atoms with Crippen LogP contribution < -0.4 is 5.32 Å². The molecule has 0 aromatic carbocycles. The summed E-state index contributed by atoms with van der Waals surface area (Å²) in [4.78, 5) is 2.39. The summed E-state index contributed by atoms with van der Waals surface area (Å²) >= 11 is 0. The summed E-state index contributed by atoms with van der Waals surface area (Å²) in [7, 11) is 2.19. The molecule has 2 fully saturated rings. The van der Waals surface area contributed by atoms with Gasteiger partial charge in [0.25, 0.3) is 0 Å². The Kier molecular flexibility index (Phi) is 4.85. The van der Waals surface area contributed by atoms with Crippen LogP contribution >= 0.6 is 0 Å². The van der Waals surface area contributed by atoms with Crippen LogP contribution in [0.4, 0.5) is 0 Å². The third-order valence-corrected chi connectivity index (χ3v) is 3.14. The molecule has 0 saturated carbocycles.